The summed E-state index contributed by atoms with van der Waals surface area (Å²) in [7, 11) is 0. The first kappa shape index (κ1) is 25.3. The number of hydrogen-bond acceptors (Lipinski definition) is 0. The van der Waals surface area contributed by atoms with Crippen molar-refractivity contribution in [2.45, 2.75) is 31.1 Å². The Kier molecular flexibility index (Phi) is 5.01. The minimum absolute atomic E-state index is 0.209. The van der Waals surface area contributed by atoms with E-state index in [1.54, 1.807) is 11.1 Å². The van der Waals surface area contributed by atoms with Crippen molar-refractivity contribution in [2.24, 2.45) is 23.7 Å². The Morgan fingerprint density at radius 1 is 0.478 bits per heavy atom. The fourth-order valence-electron chi connectivity index (χ4n) is 11.1. The van der Waals surface area contributed by atoms with Crippen LogP contribution in [0, 0.1) is 23.7 Å². The predicted octanol–water partition coefficient (Wildman–Crippen LogP) is 11.5. The van der Waals surface area contributed by atoms with Crippen LogP contribution < -0.4 is 0 Å². The number of benzene rings is 6. The lowest BCUT2D eigenvalue weighted by atomic mass is 9.59. The quantitative estimate of drug-likeness (QED) is 0.193. The molecular weight excluding hydrogens is 555 g/mol. The van der Waals surface area contributed by atoms with E-state index in [4.69, 9.17) is 0 Å². The lowest BCUT2D eigenvalue weighted by Crippen LogP contribution is -2.40. The van der Waals surface area contributed by atoms with Crippen molar-refractivity contribution in [3.8, 4) is 39.1 Å². The summed E-state index contributed by atoms with van der Waals surface area (Å²) in [5, 5.41) is 2.62. The van der Waals surface area contributed by atoms with Crippen LogP contribution in [0.15, 0.2) is 140 Å². The largest absolute Gasteiger partial charge is 0.309 e. The van der Waals surface area contributed by atoms with Gasteiger partial charge < -0.3 is 4.57 Å². The van der Waals surface area contributed by atoms with Gasteiger partial charge in [0.2, 0.25) is 0 Å². The average Bonchev–Trinajstić information content (AvgIpc) is 3.77. The van der Waals surface area contributed by atoms with Crippen LogP contribution in [0.1, 0.15) is 36.8 Å². The molecule has 1 aromatic heterocycles. The first-order valence-electron chi connectivity index (χ1n) is 17.2. The molecule has 46 heavy (non-hydrogen) atoms. The minimum atomic E-state index is 0.209. The van der Waals surface area contributed by atoms with Gasteiger partial charge in [-0.15, -0.1) is 0 Å². The number of hydrogen-bond donors (Lipinski definition) is 0. The lowest BCUT2D eigenvalue weighted by Gasteiger charge is -2.44. The fourth-order valence-corrected chi connectivity index (χ4v) is 11.1. The van der Waals surface area contributed by atoms with Gasteiger partial charge in [-0.1, -0.05) is 109 Å². The monoisotopic (exact) mass is 589 g/mol. The molecule has 220 valence electrons. The number of rotatable bonds is 3. The van der Waals surface area contributed by atoms with Crippen molar-refractivity contribution in [2.75, 3.05) is 0 Å². The van der Waals surface area contributed by atoms with Crippen LogP contribution in [0.4, 0.5) is 0 Å². The number of aromatic nitrogens is 1. The van der Waals surface area contributed by atoms with Crippen molar-refractivity contribution in [1.82, 2.24) is 4.57 Å². The maximum Gasteiger partial charge on any atom is 0.0541 e. The molecule has 0 radical (unpaired) electrons. The van der Waals surface area contributed by atoms with E-state index in [0.717, 1.165) is 23.7 Å². The van der Waals surface area contributed by atoms with Crippen molar-refractivity contribution >= 4 is 21.8 Å². The fraction of sp³-hybridized carbons (Fsp3) is 0.200. The Labute approximate surface area is 270 Å². The SMILES string of the molecule is c1ccc(-c2ccccc2-n2c3ccccc3c3cc(-c4ccc5c(c4)C4(c6ccccc6-5)C5CC6CC(C5)C4C6)ccc32)cc1. The summed E-state index contributed by atoms with van der Waals surface area (Å²) in [6, 6.07) is 52.6. The zero-order valence-corrected chi connectivity index (χ0v) is 25.9. The van der Waals surface area contributed by atoms with Gasteiger partial charge in [-0.25, -0.2) is 0 Å². The highest BCUT2D eigenvalue weighted by Crippen LogP contribution is 2.73. The van der Waals surface area contributed by atoms with Gasteiger partial charge in [0.05, 0.1) is 16.7 Å². The second kappa shape index (κ2) is 9.10. The third-order valence-corrected chi connectivity index (χ3v) is 12.6. The van der Waals surface area contributed by atoms with E-state index in [1.807, 2.05) is 0 Å². The zero-order valence-electron chi connectivity index (χ0n) is 25.9. The highest BCUT2D eigenvalue weighted by Gasteiger charge is 2.65. The Bertz CT molecular complexity index is 2360. The summed E-state index contributed by atoms with van der Waals surface area (Å²) in [4.78, 5) is 0. The molecule has 7 aromatic rings. The molecule has 0 N–H and O–H groups in total. The highest BCUT2D eigenvalue weighted by atomic mass is 15.0. The van der Waals surface area contributed by atoms with Gasteiger partial charge in [-0.3, -0.25) is 0 Å². The first-order valence-corrected chi connectivity index (χ1v) is 17.2. The van der Waals surface area contributed by atoms with E-state index in [0.29, 0.717) is 0 Å². The normalized spacial score (nSPS) is 25.1. The summed E-state index contributed by atoms with van der Waals surface area (Å²) in [5.74, 6) is 3.47. The first-order chi connectivity index (χ1) is 22.8. The molecule has 4 fully saturated rings. The molecule has 5 aliphatic carbocycles. The van der Waals surface area contributed by atoms with Crippen LogP contribution in [0.25, 0.3) is 60.9 Å². The smallest absolute Gasteiger partial charge is 0.0541 e. The number of para-hydroxylation sites is 2. The zero-order chi connectivity index (χ0) is 30.0. The van der Waals surface area contributed by atoms with Gasteiger partial charge in [0.25, 0.3) is 0 Å². The van der Waals surface area contributed by atoms with Crippen LogP contribution in [-0.4, -0.2) is 4.57 Å². The molecule has 4 bridgehead atoms. The van der Waals surface area contributed by atoms with E-state index in [1.165, 1.54) is 86.6 Å². The molecule has 1 heterocycles. The van der Waals surface area contributed by atoms with Crippen LogP contribution in [0.2, 0.25) is 0 Å². The molecule has 1 spiro atoms. The maximum atomic E-state index is 2.62. The number of fused-ring (bicyclic) bond motifs is 6. The van der Waals surface area contributed by atoms with E-state index in [2.05, 4.69) is 144 Å². The molecule has 5 atom stereocenters. The Hall–Kier alpha value is -4.88. The van der Waals surface area contributed by atoms with Gasteiger partial charge in [-0.05, 0) is 119 Å². The van der Waals surface area contributed by atoms with Crippen LogP contribution >= 0.6 is 0 Å². The Balaban J connectivity index is 1.11. The maximum absolute atomic E-state index is 2.62. The van der Waals surface area contributed by atoms with Gasteiger partial charge >= 0.3 is 0 Å². The molecular formula is C45H35N. The van der Waals surface area contributed by atoms with Crippen LogP contribution in [0.3, 0.4) is 0 Å². The van der Waals surface area contributed by atoms with Gasteiger partial charge in [-0.2, -0.15) is 0 Å². The average molecular weight is 590 g/mol. The molecule has 0 aliphatic heterocycles. The molecule has 12 rings (SSSR count). The topological polar surface area (TPSA) is 4.93 Å². The summed E-state index contributed by atoms with van der Waals surface area (Å²) in [5.41, 5.74) is 15.3. The second-order valence-electron chi connectivity index (χ2n) is 14.5. The molecule has 1 heteroatoms. The Morgan fingerprint density at radius 2 is 1.20 bits per heavy atom. The van der Waals surface area contributed by atoms with Crippen LogP contribution in [0.5, 0.6) is 0 Å². The highest BCUT2D eigenvalue weighted by molar-refractivity contribution is 6.11. The van der Waals surface area contributed by atoms with Gasteiger partial charge in [0.15, 0.2) is 0 Å². The second-order valence-corrected chi connectivity index (χ2v) is 14.5. The van der Waals surface area contributed by atoms with Crippen molar-refractivity contribution in [3.63, 3.8) is 0 Å². The van der Waals surface area contributed by atoms with E-state index < -0.39 is 0 Å². The van der Waals surface area contributed by atoms with Crippen molar-refractivity contribution < 1.29 is 0 Å². The molecule has 5 unspecified atom stereocenters. The third kappa shape index (κ3) is 3.16. The summed E-state index contributed by atoms with van der Waals surface area (Å²) in [6.07, 6.45) is 5.74. The predicted molar refractivity (Wildman–Crippen MR) is 190 cm³/mol. The standard InChI is InChI=1S/C45H35N/c1-2-10-29(11-3-1)34-12-5-8-16-42(34)46-43-17-9-6-14-37(43)38-26-30(19-21-44(38)46)31-18-20-36-35-13-4-7-15-39(35)45(41(36)27-31)33-23-28-22-32(25-33)40(45)24-28/h1-21,26-28,32-33,40H,22-25H2. The summed E-state index contributed by atoms with van der Waals surface area (Å²) in [6.45, 7) is 0. The minimum Gasteiger partial charge on any atom is -0.309 e. The third-order valence-electron chi connectivity index (χ3n) is 12.6. The van der Waals surface area contributed by atoms with E-state index in [9.17, 15) is 0 Å². The molecule has 1 nitrogen and oxygen atoms in total. The van der Waals surface area contributed by atoms with Crippen LogP contribution in [-0.2, 0) is 5.41 Å². The molecule has 5 aliphatic rings. The molecule has 0 amide bonds. The summed E-state index contributed by atoms with van der Waals surface area (Å²) >= 11 is 0. The summed E-state index contributed by atoms with van der Waals surface area (Å²) < 4.78 is 2.47. The van der Waals surface area contributed by atoms with Gasteiger partial charge in [0.1, 0.15) is 0 Å². The lowest BCUT2D eigenvalue weighted by molar-refractivity contribution is 0.191. The molecule has 6 aromatic carbocycles. The number of nitrogens with zero attached hydrogens (tertiary/aromatic N) is 1. The van der Waals surface area contributed by atoms with E-state index in [-0.39, 0.29) is 5.41 Å². The Morgan fingerprint density at radius 3 is 2.11 bits per heavy atom. The van der Waals surface area contributed by atoms with E-state index >= 15 is 0 Å². The van der Waals surface area contributed by atoms with Crippen molar-refractivity contribution in [3.05, 3.63) is 151 Å². The van der Waals surface area contributed by atoms with Gasteiger partial charge in [0, 0.05) is 21.8 Å². The molecule has 0 saturated heterocycles. The van der Waals surface area contributed by atoms with Crippen molar-refractivity contribution in [1.29, 1.82) is 0 Å². The molecule has 4 saturated carbocycles.